The Morgan fingerprint density at radius 2 is 2.00 bits per heavy atom. The molecule has 0 heterocycles. The number of nitrogens with zero attached hydrogens (tertiary/aromatic N) is 1. The van der Waals surface area contributed by atoms with Gasteiger partial charge in [0.2, 0.25) is 0 Å². The minimum absolute atomic E-state index is 0.00719. The lowest BCUT2D eigenvalue weighted by molar-refractivity contribution is 0.0691. The second kappa shape index (κ2) is 5.70. The van der Waals surface area contributed by atoms with Crippen molar-refractivity contribution in [3.8, 4) is 0 Å². The van der Waals surface area contributed by atoms with Crippen LogP contribution in [0.1, 0.15) is 42.5 Å². The van der Waals surface area contributed by atoms with Gasteiger partial charge in [0, 0.05) is 13.1 Å². The molecule has 0 bridgehead atoms. The molecule has 1 aliphatic carbocycles. The Labute approximate surface area is 112 Å². The molecular formula is C14H17ClFNO. The largest absolute Gasteiger partial charge is 0.339 e. The molecule has 0 saturated heterocycles. The maximum absolute atomic E-state index is 13.7. The van der Waals surface area contributed by atoms with Crippen LogP contribution in [0.4, 0.5) is 4.39 Å². The van der Waals surface area contributed by atoms with Crippen LogP contribution in [0, 0.1) is 5.82 Å². The number of halogens is 2. The van der Waals surface area contributed by atoms with Crippen molar-refractivity contribution in [2.75, 3.05) is 7.05 Å². The summed E-state index contributed by atoms with van der Waals surface area (Å²) in [4.78, 5) is 13.9. The minimum Gasteiger partial charge on any atom is -0.339 e. The Balaban J connectivity index is 2.19. The van der Waals surface area contributed by atoms with Crippen LogP contribution in [0.3, 0.4) is 0 Å². The fraction of sp³-hybridized carbons (Fsp3) is 0.500. The van der Waals surface area contributed by atoms with Gasteiger partial charge in [-0.2, -0.15) is 0 Å². The highest BCUT2D eigenvalue weighted by atomic mass is 35.5. The topological polar surface area (TPSA) is 20.3 Å². The van der Waals surface area contributed by atoms with Gasteiger partial charge in [0.25, 0.3) is 5.91 Å². The lowest BCUT2D eigenvalue weighted by atomic mass is 9.94. The third kappa shape index (κ3) is 2.66. The zero-order valence-corrected chi connectivity index (χ0v) is 11.2. The summed E-state index contributed by atoms with van der Waals surface area (Å²) in [5, 5.41) is 0.183. The number of carbonyl (C=O) groups is 1. The van der Waals surface area contributed by atoms with Crippen LogP contribution < -0.4 is 0 Å². The van der Waals surface area contributed by atoms with Crippen molar-refractivity contribution in [3.63, 3.8) is 0 Å². The van der Waals surface area contributed by atoms with Crippen LogP contribution in [0.5, 0.6) is 0 Å². The first kappa shape index (κ1) is 13.3. The van der Waals surface area contributed by atoms with E-state index in [1.807, 2.05) is 0 Å². The van der Waals surface area contributed by atoms with E-state index in [1.54, 1.807) is 18.0 Å². The predicted octanol–water partition coefficient (Wildman–Crippen LogP) is 3.88. The monoisotopic (exact) mass is 269 g/mol. The lowest BCUT2D eigenvalue weighted by Crippen LogP contribution is -2.38. The van der Waals surface area contributed by atoms with E-state index in [9.17, 15) is 9.18 Å². The molecular weight excluding hydrogens is 253 g/mol. The zero-order chi connectivity index (χ0) is 13.1. The molecule has 1 saturated carbocycles. The number of rotatable bonds is 2. The zero-order valence-electron chi connectivity index (χ0n) is 10.5. The molecule has 0 N–H and O–H groups in total. The molecule has 1 amide bonds. The van der Waals surface area contributed by atoms with Gasteiger partial charge in [-0.15, -0.1) is 0 Å². The smallest absolute Gasteiger partial charge is 0.258 e. The number of carbonyl (C=O) groups excluding carboxylic acids is 1. The van der Waals surface area contributed by atoms with Crippen LogP contribution in [-0.4, -0.2) is 23.9 Å². The Kier molecular flexibility index (Phi) is 4.23. The fourth-order valence-corrected chi connectivity index (χ4v) is 2.76. The Morgan fingerprint density at radius 3 is 2.61 bits per heavy atom. The van der Waals surface area contributed by atoms with Crippen molar-refractivity contribution in [2.45, 2.75) is 38.1 Å². The molecule has 0 aliphatic heterocycles. The molecule has 0 unspecified atom stereocenters. The number of hydrogen-bond donors (Lipinski definition) is 0. The molecule has 98 valence electrons. The Bertz CT molecular complexity index is 423. The van der Waals surface area contributed by atoms with E-state index in [0.29, 0.717) is 0 Å². The minimum atomic E-state index is -0.546. The highest BCUT2D eigenvalue weighted by molar-refractivity contribution is 6.33. The van der Waals surface area contributed by atoms with Gasteiger partial charge in [-0.3, -0.25) is 4.79 Å². The average Bonchev–Trinajstić information content (AvgIpc) is 2.38. The third-order valence-corrected chi connectivity index (χ3v) is 3.93. The van der Waals surface area contributed by atoms with Crippen molar-refractivity contribution in [2.24, 2.45) is 0 Å². The summed E-state index contributed by atoms with van der Waals surface area (Å²) >= 11 is 5.92. The second-order valence-corrected chi connectivity index (χ2v) is 5.21. The van der Waals surface area contributed by atoms with Crippen molar-refractivity contribution in [1.29, 1.82) is 0 Å². The highest BCUT2D eigenvalue weighted by Gasteiger charge is 2.26. The first-order valence-corrected chi connectivity index (χ1v) is 6.70. The molecule has 4 heteroatoms. The average molecular weight is 270 g/mol. The van der Waals surface area contributed by atoms with Gasteiger partial charge in [-0.25, -0.2) is 4.39 Å². The first-order valence-electron chi connectivity index (χ1n) is 6.32. The molecule has 2 nitrogen and oxygen atoms in total. The third-order valence-electron chi connectivity index (χ3n) is 3.62. The highest BCUT2D eigenvalue weighted by Crippen LogP contribution is 2.26. The molecule has 1 aromatic carbocycles. The van der Waals surface area contributed by atoms with Crippen molar-refractivity contribution in [1.82, 2.24) is 4.90 Å². The molecule has 0 aromatic heterocycles. The maximum atomic E-state index is 13.7. The summed E-state index contributed by atoms with van der Waals surface area (Å²) in [5.74, 6) is -0.861. The molecule has 18 heavy (non-hydrogen) atoms. The standard InChI is InChI=1S/C14H17ClFNO/c1-17(10-6-3-2-4-7-10)14(18)13-11(15)8-5-9-12(13)16/h5,8-10H,2-4,6-7H2,1H3. The first-order chi connectivity index (χ1) is 8.61. The van der Waals surface area contributed by atoms with Crippen LogP contribution >= 0.6 is 11.6 Å². The molecule has 1 aromatic rings. The predicted molar refractivity (Wildman–Crippen MR) is 70.4 cm³/mol. The van der Waals surface area contributed by atoms with Crippen molar-refractivity contribution >= 4 is 17.5 Å². The molecule has 0 spiro atoms. The van der Waals surface area contributed by atoms with E-state index in [4.69, 9.17) is 11.6 Å². The summed E-state index contributed by atoms with van der Waals surface area (Å²) < 4.78 is 13.7. The quantitative estimate of drug-likeness (QED) is 0.798. The van der Waals surface area contributed by atoms with Crippen LogP contribution in [-0.2, 0) is 0 Å². The Hall–Kier alpha value is -1.09. The van der Waals surface area contributed by atoms with Gasteiger partial charge in [-0.05, 0) is 25.0 Å². The molecule has 1 aliphatic rings. The summed E-state index contributed by atoms with van der Waals surface area (Å²) in [7, 11) is 1.74. The van der Waals surface area contributed by atoms with E-state index in [2.05, 4.69) is 0 Å². The van der Waals surface area contributed by atoms with Gasteiger partial charge in [0.05, 0.1) is 10.6 Å². The van der Waals surface area contributed by atoms with E-state index in [1.165, 1.54) is 18.6 Å². The van der Waals surface area contributed by atoms with Crippen LogP contribution in [0.25, 0.3) is 0 Å². The van der Waals surface area contributed by atoms with Gasteiger partial charge in [-0.1, -0.05) is 36.9 Å². The lowest BCUT2D eigenvalue weighted by Gasteiger charge is -2.31. The van der Waals surface area contributed by atoms with Gasteiger partial charge in [0.15, 0.2) is 0 Å². The van der Waals surface area contributed by atoms with E-state index in [-0.39, 0.29) is 22.5 Å². The van der Waals surface area contributed by atoms with Crippen LogP contribution in [0.15, 0.2) is 18.2 Å². The number of amides is 1. The summed E-state index contributed by atoms with van der Waals surface area (Å²) in [6.45, 7) is 0. The van der Waals surface area contributed by atoms with Crippen LogP contribution in [0.2, 0.25) is 5.02 Å². The Morgan fingerprint density at radius 1 is 1.33 bits per heavy atom. The summed E-state index contributed by atoms with van der Waals surface area (Å²) in [6, 6.07) is 4.54. The maximum Gasteiger partial charge on any atom is 0.258 e. The molecule has 1 fully saturated rings. The second-order valence-electron chi connectivity index (χ2n) is 4.80. The summed E-state index contributed by atoms with van der Waals surface area (Å²) in [5.41, 5.74) is -0.00719. The molecule has 0 radical (unpaired) electrons. The fourth-order valence-electron chi connectivity index (χ4n) is 2.51. The molecule has 2 rings (SSSR count). The van der Waals surface area contributed by atoms with Gasteiger partial charge in [0.1, 0.15) is 5.82 Å². The molecule has 0 atom stereocenters. The normalized spacial score (nSPS) is 16.6. The van der Waals surface area contributed by atoms with Gasteiger partial charge < -0.3 is 4.90 Å². The van der Waals surface area contributed by atoms with E-state index >= 15 is 0 Å². The number of benzene rings is 1. The van der Waals surface area contributed by atoms with Gasteiger partial charge >= 0.3 is 0 Å². The summed E-state index contributed by atoms with van der Waals surface area (Å²) in [6.07, 6.45) is 5.47. The van der Waals surface area contributed by atoms with E-state index < -0.39 is 5.82 Å². The van der Waals surface area contributed by atoms with E-state index in [0.717, 1.165) is 25.7 Å². The SMILES string of the molecule is CN(C(=O)c1c(F)cccc1Cl)C1CCCCC1. The van der Waals surface area contributed by atoms with Crippen molar-refractivity contribution in [3.05, 3.63) is 34.6 Å². The van der Waals surface area contributed by atoms with Crippen molar-refractivity contribution < 1.29 is 9.18 Å². The number of hydrogen-bond acceptors (Lipinski definition) is 1.